The van der Waals surface area contributed by atoms with Crippen LogP contribution in [0, 0.1) is 0 Å². The molecule has 0 saturated heterocycles. The van der Waals surface area contributed by atoms with Gasteiger partial charge < -0.3 is 0 Å². The number of hydrogen-bond donors (Lipinski definition) is 0. The Kier molecular flexibility index (Phi) is 0.993. The molecule has 2 aliphatic rings. The van der Waals surface area contributed by atoms with Crippen LogP contribution in [0.25, 0.3) is 0 Å². The number of rotatable bonds is 0. The Morgan fingerprint density at radius 1 is 0.909 bits per heavy atom. The van der Waals surface area contributed by atoms with Crippen molar-refractivity contribution in [2.75, 3.05) is 0 Å². The van der Waals surface area contributed by atoms with Crippen molar-refractivity contribution in [3.63, 3.8) is 0 Å². The summed E-state index contributed by atoms with van der Waals surface area (Å²) in [6, 6.07) is 9.00. The lowest BCUT2D eigenvalue weighted by Crippen LogP contribution is -1.95. The Labute approximate surface area is 67.2 Å². The summed E-state index contributed by atoms with van der Waals surface area (Å²) < 4.78 is 0. The molecule has 3 rings (SSSR count). The average Bonchev–Trinajstić information content (AvgIpc) is 2.64. The van der Waals surface area contributed by atoms with E-state index in [-0.39, 0.29) is 0 Å². The van der Waals surface area contributed by atoms with E-state index in [1.807, 2.05) is 0 Å². The lowest BCUT2D eigenvalue weighted by atomic mass is 9.92. The molecule has 0 heterocycles. The van der Waals surface area contributed by atoms with Gasteiger partial charge in [-0.05, 0) is 42.2 Å². The molecule has 2 aliphatic carbocycles. The van der Waals surface area contributed by atoms with Crippen LogP contribution in [0.1, 0.15) is 42.2 Å². The highest BCUT2D eigenvalue weighted by Crippen LogP contribution is 2.52. The Bertz CT molecular complexity index is 259. The van der Waals surface area contributed by atoms with Crippen LogP contribution >= 0.6 is 0 Å². The summed E-state index contributed by atoms with van der Waals surface area (Å²) in [7, 11) is 0. The molecular formula is C11H12. The van der Waals surface area contributed by atoms with Crippen LogP contribution in [0.15, 0.2) is 24.3 Å². The highest BCUT2D eigenvalue weighted by atomic mass is 14.4. The quantitative estimate of drug-likeness (QED) is 0.525. The van der Waals surface area contributed by atoms with Gasteiger partial charge in [-0.3, -0.25) is 0 Å². The molecule has 1 aromatic rings. The molecule has 1 fully saturated rings. The monoisotopic (exact) mass is 144 g/mol. The molecule has 0 unspecified atom stereocenters. The van der Waals surface area contributed by atoms with E-state index in [9.17, 15) is 0 Å². The second-order valence-electron chi connectivity index (χ2n) is 3.84. The third kappa shape index (κ3) is 0.649. The second kappa shape index (κ2) is 1.88. The highest BCUT2D eigenvalue weighted by Gasteiger charge is 2.35. The van der Waals surface area contributed by atoms with Crippen LogP contribution in [-0.2, 0) is 0 Å². The smallest absolute Gasteiger partial charge is 0.0153 e. The first-order valence-electron chi connectivity index (χ1n) is 4.54. The summed E-state index contributed by atoms with van der Waals surface area (Å²) in [5.74, 6) is 1.85. The highest BCUT2D eigenvalue weighted by molar-refractivity contribution is 5.40. The summed E-state index contributed by atoms with van der Waals surface area (Å²) in [5, 5.41) is 0. The van der Waals surface area contributed by atoms with Gasteiger partial charge in [-0.1, -0.05) is 24.3 Å². The fourth-order valence-corrected chi connectivity index (χ4v) is 2.80. The van der Waals surface area contributed by atoms with Gasteiger partial charge in [-0.15, -0.1) is 0 Å². The Morgan fingerprint density at radius 2 is 1.45 bits per heavy atom. The van der Waals surface area contributed by atoms with Crippen molar-refractivity contribution < 1.29 is 0 Å². The molecule has 1 aromatic carbocycles. The van der Waals surface area contributed by atoms with Crippen molar-refractivity contribution in [2.24, 2.45) is 0 Å². The standard InChI is InChI=1S/C11H12/c1-2-4-11-9-6-5-8(7-9)10(11)3-1/h1-4,8-9H,5-7H2/t8-,9+. The van der Waals surface area contributed by atoms with E-state index in [0.717, 1.165) is 11.8 Å². The molecule has 0 nitrogen and oxygen atoms in total. The maximum Gasteiger partial charge on any atom is -0.0153 e. The molecule has 2 bridgehead atoms. The fraction of sp³-hybridized carbons (Fsp3) is 0.455. The Hall–Kier alpha value is -0.780. The first-order chi connectivity index (χ1) is 5.45. The van der Waals surface area contributed by atoms with E-state index in [0.29, 0.717) is 0 Å². The lowest BCUT2D eigenvalue weighted by molar-refractivity contribution is 0.717. The maximum atomic E-state index is 2.32. The SMILES string of the molecule is c1ccc2c(c1)[C@@H]1CC[C@H]2C1. The predicted octanol–water partition coefficient (Wildman–Crippen LogP) is 3.05. The van der Waals surface area contributed by atoms with Crippen LogP contribution in [0.5, 0.6) is 0 Å². The maximum absolute atomic E-state index is 2.32. The fourth-order valence-electron chi connectivity index (χ4n) is 2.80. The molecule has 2 atom stereocenters. The van der Waals surface area contributed by atoms with Gasteiger partial charge in [-0.2, -0.15) is 0 Å². The molecular weight excluding hydrogens is 132 g/mol. The zero-order valence-electron chi connectivity index (χ0n) is 6.59. The van der Waals surface area contributed by atoms with Crippen LogP contribution in [-0.4, -0.2) is 0 Å². The first kappa shape index (κ1) is 5.82. The molecule has 0 aliphatic heterocycles. The second-order valence-corrected chi connectivity index (χ2v) is 3.84. The van der Waals surface area contributed by atoms with Gasteiger partial charge in [0.05, 0.1) is 0 Å². The van der Waals surface area contributed by atoms with E-state index in [1.54, 1.807) is 11.1 Å². The Morgan fingerprint density at radius 3 is 2.00 bits per heavy atom. The van der Waals surface area contributed by atoms with Crippen molar-refractivity contribution in [1.29, 1.82) is 0 Å². The Balaban J connectivity index is 2.23. The van der Waals surface area contributed by atoms with Gasteiger partial charge in [0.1, 0.15) is 0 Å². The molecule has 56 valence electrons. The largest absolute Gasteiger partial charge is 0.0620 e. The summed E-state index contributed by atoms with van der Waals surface area (Å²) in [5.41, 5.74) is 3.31. The van der Waals surface area contributed by atoms with E-state index in [1.165, 1.54) is 19.3 Å². The zero-order valence-corrected chi connectivity index (χ0v) is 6.59. The van der Waals surface area contributed by atoms with E-state index < -0.39 is 0 Å². The van der Waals surface area contributed by atoms with Gasteiger partial charge in [0.2, 0.25) is 0 Å². The molecule has 0 N–H and O–H groups in total. The minimum Gasteiger partial charge on any atom is -0.0620 e. The van der Waals surface area contributed by atoms with Gasteiger partial charge in [0, 0.05) is 0 Å². The normalized spacial score (nSPS) is 32.4. The molecule has 1 saturated carbocycles. The van der Waals surface area contributed by atoms with Crippen molar-refractivity contribution in [1.82, 2.24) is 0 Å². The number of hydrogen-bond acceptors (Lipinski definition) is 0. The first-order valence-corrected chi connectivity index (χ1v) is 4.54. The van der Waals surface area contributed by atoms with Crippen LogP contribution in [0.4, 0.5) is 0 Å². The molecule has 0 amide bonds. The molecule has 11 heavy (non-hydrogen) atoms. The minimum absolute atomic E-state index is 0.927. The molecule has 0 spiro atoms. The summed E-state index contributed by atoms with van der Waals surface area (Å²) >= 11 is 0. The molecule has 0 aromatic heterocycles. The van der Waals surface area contributed by atoms with Crippen molar-refractivity contribution in [2.45, 2.75) is 31.1 Å². The van der Waals surface area contributed by atoms with Gasteiger partial charge >= 0.3 is 0 Å². The lowest BCUT2D eigenvalue weighted by Gasteiger charge is -2.13. The average molecular weight is 144 g/mol. The van der Waals surface area contributed by atoms with Gasteiger partial charge in [-0.25, -0.2) is 0 Å². The summed E-state index contributed by atoms with van der Waals surface area (Å²) in [6.07, 6.45) is 4.34. The van der Waals surface area contributed by atoms with E-state index in [2.05, 4.69) is 24.3 Å². The topological polar surface area (TPSA) is 0 Å². The van der Waals surface area contributed by atoms with Crippen molar-refractivity contribution in [3.05, 3.63) is 35.4 Å². The van der Waals surface area contributed by atoms with E-state index in [4.69, 9.17) is 0 Å². The zero-order chi connectivity index (χ0) is 7.26. The molecule has 0 heteroatoms. The summed E-state index contributed by atoms with van der Waals surface area (Å²) in [6.45, 7) is 0. The molecule has 0 radical (unpaired) electrons. The van der Waals surface area contributed by atoms with Crippen molar-refractivity contribution in [3.8, 4) is 0 Å². The minimum atomic E-state index is 0.927. The predicted molar refractivity (Wildman–Crippen MR) is 45.8 cm³/mol. The third-order valence-corrected chi connectivity index (χ3v) is 3.31. The van der Waals surface area contributed by atoms with Crippen LogP contribution < -0.4 is 0 Å². The third-order valence-electron chi connectivity index (χ3n) is 3.31. The van der Waals surface area contributed by atoms with Crippen LogP contribution in [0.3, 0.4) is 0 Å². The number of fused-ring (bicyclic) bond motifs is 5. The van der Waals surface area contributed by atoms with Gasteiger partial charge in [0.15, 0.2) is 0 Å². The van der Waals surface area contributed by atoms with Crippen LogP contribution in [0.2, 0.25) is 0 Å². The number of benzene rings is 1. The summed E-state index contributed by atoms with van der Waals surface area (Å²) in [4.78, 5) is 0. The van der Waals surface area contributed by atoms with E-state index >= 15 is 0 Å². The van der Waals surface area contributed by atoms with Crippen molar-refractivity contribution >= 4 is 0 Å². The van der Waals surface area contributed by atoms with Gasteiger partial charge in [0.25, 0.3) is 0 Å².